The Morgan fingerprint density at radius 1 is 1.20 bits per heavy atom. The summed E-state index contributed by atoms with van der Waals surface area (Å²) in [6.45, 7) is 2.60. The molecule has 0 spiro atoms. The molecule has 0 radical (unpaired) electrons. The van der Waals surface area contributed by atoms with Gasteiger partial charge in [0, 0.05) is 16.7 Å². The summed E-state index contributed by atoms with van der Waals surface area (Å²) in [5.41, 5.74) is 9.30. The molecule has 0 aliphatic rings. The Morgan fingerprint density at radius 2 is 1.90 bits per heavy atom. The normalized spacial score (nSPS) is 12.0. The van der Waals surface area contributed by atoms with Gasteiger partial charge in [-0.05, 0) is 48.4 Å². The zero-order valence-corrected chi connectivity index (χ0v) is 13.3. The van der Waals surface area contributed by atoms with Crippen LogP contribution in [0.5, 0.6) is 5.75 Å². The van der Waals surface area contributed by atoms with Crippen molar-refractivity contribution in [2.75, 3.05) is 19.0 Å². The molecule has 2 aromatic carbocycles. The fourth-order valence-corrected chi connectivity index (χ4v) is 2.74. The number of nitrogens with two attached hydrogens (primary N) is 1. The van der Waals surface area contributed by atoms with Crippen molar-refractivity contribution >= 4 is 21.6 Å². The fraction of sp³-hybridized carbons (Fsp3) is 0.250. The molecule has 2 rings (SSSR count). The van der Waals surface area contributed by atoms with Gasteiger partial charge in [-0.15, -0.1) is 0 Å². The second-order valence-corrected chi connectivity index (χ2v) is 5.64. The fourth-order valence-electron chi connectivity index (χ4n) is 2.14. The van der Waals surface area contributed by atoms with E-state index in [1.54, 1.807) is 7.11 Å². The van der Waals surface area contributed by atoms with Crippen LogP contribution in [-0.2, 0) is 0 Å². The van der Waals surface area contributed by atoms with E-state index >= 15 is 0 Å². The molecule has 0 saturated heterocycles. The van der Waals surface area contributed by atoms with Gasteiger partial charge < -0.3 is 15.8 Å². The lowest BCUT2D eigenvalue weighted by atomic mass is 10.1. The van der Waals surface area contributed by atoms with Crippen molar-refractivity contribution < 1.29 is 4.74 Å². The van der Waals surface area contributed by atoms with Crippen LogP contribution in [-0.4, -0.2) is 13.7 Å². The van der Waals surface area contributed by atoms with E-state index in [0.29, 0.717) is 6.54 Å². The summed E-state index contributed by atoms with van der Waals surface area (Å²) in [6.07, 6.45) is 0. The molecule has 20 heavy (non-hydrogen) atoms. The van der Waals surface area contributed by atoms with Gasteiger partial charge >= 0.3 is 0 Å². The van der Waals surface area contributed by atoms with Gasteiger partial charge in [0.1, 0.15) is 5.75 Å². The molecule has 3 N–H and O–H groups in total. The monoisotopic (exact) mass is 334 g/mol. The topological polar surface area (TPSA) is 47.3 Å². The highest BCUT2D eigenvalue weighted by molar-refractivity contribution is 9.10. The van der Waals surface area contributed by atoms with E-state index in [-0.39, 0.29) is 6.04 Å². The maximum atomic E-state index is 5.89. The maximum Gasteiger partial charge on any atom is 0.118 e. The van der Waals surface area contributed by atoms with Crippen LogP contribution in [0.25, 0.3) is 0 Å². The van der Waals surface area contributed by atoms with E-state index < -0.39 is 0 Å². The molecule has 0 saturated carbocycles. The van der Waals surface area contributed by atoms with Gasteiger partial charge in [-0.25, -0.2) is 0 Å². The van der Waals surface area contributed by atoms with E-state index in [1.807, 2.05) is 24.3 Å². The molecule has 1 atom stereocenters. The Kier molecular flexibility index (Phi) is 5.04. The Labute approximate surface area is 128 Å². The standard InChI is InChI=1S/C16H19BrN2O/c1-11-7-13(17)9-14(8-11)19-16(10-18)12-3-5-15(20-2)6-4-12/h3-9,16,19H,10,18H2,1-2H3. The molecule has 0 aromatic heterocycles. The van der Waals surface area contributed by atoms with Crippen molar-refractivity contribution in [3.63, 3.8) is 0 Å². The van der Waals surface area contributed by atoms with Crippen molar-refractivity contribution in [3.8, 4) is 5.75 Å². The molecule has 0 aliphatic carbocycles. The lowest BCUT2D eigenvalue weighted by Crippen LogP contribution is -2.20. The Balaban J connectivity index is 2.19. The maximum absolute atomic E-state index is 5.89. The second-order valence-electron chi connectivity index (χ2n) is 4.72. The van der Waals surface area contributed by atoms with Crippen LogP contribution in [0.1, 0.15) is 17.2 Å². The highest BCUT2D eigenvalue weighted by Gasteiger charge is 2.10. The Hall–Kier alpha value is -1.52. The van der Waals surface area contributed by atoms with Gasteiger partial charge in [0.2, 0.25) is 0 Å². The Morgan fingerprint density at radius 3 is 2.45 bits per heavy atom. The second kappa shape index (κ2) is 6.77. The quantitative estimate of drug-likeness (QED) is 0.872. The molecule has 0 amide bonds. The average molecular weight is 335 g/mol. The minimum Gasteiger partial charge on any atom is -0.497 e. The number of halogens is 1. The third-order valence-electron chi connectivity index (χ3n) is 3.14. The molecule has 3 nitrogen and oxygen atoms in total. The predicted octanol–water partition coefficient (Wildman–Crippen LogP) is 3.88. The zero-order valence-electron chi connectivity index (χ0n) is 11.7. The van der Waals surface area contributed by atoms with Gasteiger partial charge in [0.15, 0.2) is 0 Å². The van der Waals surface area contributed by atoms with Gasteiger partial charge in [0.05, 0.1) is 13.2 Å². The van der Waals surface area contributed by atoms with Gasteiger partial charge in [0.25, 0.3) is 0 Å². The molecular weight excluding hydrogens is 316 g/mol. The number of rotatable bonds is 5. The number of benzene rings is 2. The molecule has 2 aromatic rings. The molecular formula is C16H19BrN2O. The van der Waals surface area contributed by atoms with Crippen LogP contribution in [0.2, 0.25) is 0 Å². The summed E-state index contributed by atoms with van der Waals surface area (Å²) in [4.78, 5) is 0. The third kappa shape index (κ3) is 3.74. The minimum atomic E-state index is 0.0783. The van der Waals surface area contributed by atoms with Crippen LogP contribution in [0.3, 0.4) is 0 Å². The van der Waals surface area contributed by atoms with E-state index in [4.69, 9.17) is 10.5 Å². The summed E-state index contributed by atoms with van der Waals surface area (Å²) in [5, 5.41) is 3.47. The number of hydrogen-bond acceptors (Lipinski definition) is 3. The lowest BCUT2D eigenvalue weighted by molar-refractivity contribution is 0.414. The highest BCUT2D eigenvalue weighted by atomic mass is 79.9. The SMILES string of the molecule is COc1ccc(C(CN)Nc2cc(C)cc(Br)c2)cc1. The number of aryl methyl sites for hydroxylation is 1. The van der Waals surface area contributed by atoms with Gasteiger partial charge in [-0.2, -0.15) is 0 Å². The first-order valence-corrected chi connectivity index (χ1v) is 7.29. The number of nitrogens with one attached hydrogen (secondary N) is 1. The average Bonchev–Trinajstić information content (AvgIpc) is 2.44. The summed E-state index contributed by atoms with van der Waals surface area (Å²) >= 11 is 3.51. The van der Waals surface area contributed by atoms with Crippen molar-refractivity contribution in [3.05, 3.63) is 58.1 Å². The molecule has 0 aliphatic heterocycles. The minimum absolute atomic E-state index is 0.0783. The van der Waals surface area contributed by atoms with Crippen LogP contribution in [0.4, 0.5) is 5.69 Å². The van der Waals surface area contributed by atoms with Crippen molar-refractivity contribution in [1.82, 2.24) is 0 Å². The Bertz CT molecular complexity index is 549. The molecule has 1 unspecified atom stereocenters. The largest absolute Gasteiger partial charge is 0.497 e. The number of anilines is 1. The van der Waals surface area contributed by atoms with E-state index in [0.717, 1.165) is 21.5 Å². The first-order chi connectivity index (χ1) is 9.62. The van der Waals surface area contributed by atoms with Crippen LogP contribution >= 0.6 is 15.9 Å². The summed E-state index contributed by atoms with van der Waals surface area (Å²) < 4.78 is 6.24. The molecule has 0 heterocycles. The molecule has 0 fully saturated rings. The van der Waals surface area contributed by atoms with Crippen LogP contribution < -0.4 is 15.8 Å². The predicted molar refractivity (Wildman–Crippen MR) is 87.3 cm³/mol. The van der Waals surface area contributed by atoms with Crippen molar-refractivity contribution in [2.45, 2.75) is 13.0 Å². The third-order valence-corrected chi connectivity index (χ3v) is 3.59. The number of ether oxygens (including phenoxy) is 1. The van der Waals surface area contributed by atoms with E-state index in [9.17, 15) is 0 Å². The highest BCUT2D eigenvalue weighted by Crippen LogP contribution is 2.24. The van der Waals surface area contributed by atoms with E-state index in [2.05, 4.69) is 46.4 Å². The van der Waals surface area contributed by atoms with Crippen molar-refractivity contribution in [2.24, 2.45) is 5.73 Å². The molecule has 4 heteroatoms. The molecule has 0 bridgehead atoms. The number of hydrogen-bond donors (Lipinski definition) is 2. The summed E-state index contributed by atoms with van der Waals surface area (Å²) in [7, 11) is 1.66. The van der Waals surface area contributed by atoms with Crippen LogP contribution in [0, 0.1) is 6.92 Å². The summed E-state index contributed by atoms with van der Waals surface area (Å²) in [5.74, 6) is 0.850. The smallest absolute Gasteiger partial charge is 0.118 e. The van der Waals surface area contributed by atoms with E-state index in [1.165, 1.54) is 5.56 Å². The number of methoxy groups -OCH3 is 1. The first kappa shape index (κ1) is 14.9. The van der Waals surface area contributed by atoms with Gasteiger partial charge in [-0.1, -0.05) is 28.1 Å². The lowest BCUT2D eigenvalue weighted by Gasteiger charge is -2.19. The zero-order chi connectivity index (χ0) is 14.5. The first-order valence-electron chi connectivity index (χ1n) is 6.50. The molecule has 106 valence electrons. The van der Waals surface area contributed by atoms with Crippen molar-refractivity contribution in [1.29, 1.82) is 0 Å². The van der Waals surface area contributed by atoms with Gasteiger partial charge in [-0.3, -0.25) is 0 Å². The summed E-state index contributed by atoms with van der Waals surface area (Å²) in [6, 6.07) is 14.3. The van der Waals surface area contributed by atoms with Crippen LogP contribution in [0.15, 0.2) is 46.9 Å².